The topological polar surface area (TPSA) is 43.1 Å². The lowest BCUT2D eigenvalue weighted by Crippen LogP contribution is -2.19. The average molecular weight is 309 g/mol. The molecule has 2 atom stereocenters. The highest BCUT2D eigenvalue weighted by Crippen LogP contribution is 2.21. The molecule has 0 spiro atoms. The molecule has 0 saturated heterocycles. The Morgan fingerprint density at radius 3 is 2.48 bits per heavy atom. The predicted octanol–water partition coefficient (Wildman–Crippen LogP) is 3.39. The van der Waals surface area contributed by atoms with Crippen molar-refractivity contribution in [3.05, 3.63) is 64.7 Å². The van der Waals surface area contributed by atoms with E-state index in [1.165, 1.54) is 6.07 Å². The van der Waals surface area contributed by atoms with Crippen molar-refractivity contribution in [2.45, 2.75) is 24.8 Å². The van der Waals surface area contributed by atoms with Crippen LogP contribution in [0.15, 0.2) is 41.3 Å². The van der Waals surface area contributed by atoms with Gasteiger partial charge in [-0.2, -0.15) is 0 Å². The van der Waals surface area contributed by atoms with E-state index in [0.717, 1.165) is 28.8 Å². The Labute approximate surface area is 125 Å². The van der Waals surface area contributed by atoms with Gasteiger partial charge in [0.1, 0.15) is 0 Å². The zero-order valence-electron chi connectivity index (χ0n) is 11.9. The van der Waals surface area contributed by atoms with Crippen molar-refractivity contribution in [1.82, 2.24) is 0 Å². The quantitative estimate of drug-likeness (QED) is 0.941. The van der Waals surface area contributed by atoms with Crippen LogP contribution < -0.4 is 5.73 Å². The van der Waals surface area contributed by atoms with Crippen LogP contribution in [0.5, 0.6) is 0 Å². The van der Waals surface area contributed by atoms with Crippen LogP contribution in [0.2, 0.25) is 0 Å². The first-order chi connectivity index (χ1) is 9.88. The van der Waals surface area contributed by atoms with Crippen molar-refractivity contribution in [3.8, 4) is 0 Å². The van der Waals surface area contributed by atoms with Crippen LogP contribution in [0.3, 0.4) is 0 Å². The smallest absolute Gasteiger partial charge is 0.160 e. The Morgan fingerprint density at radius 2 is 1.81 bits per heavy atom. The van der Waals surface area contributed by atoms with Crippen LogP contribution >= 0.6 is 0 Å². The summed E-state index contributed by atoms with van der Waals surface area (Å²) in [5.74, 6) is -1.79. The lowest BCUT2D eigenvalue weighted by molar-refractivity contribution is 0.505. The third-order valence-corrected chi connectivity index (χ3v) is 4.76. The van der Waals surface area contributed by atoms with Gasteiger partial charge in [-0.05, 0) is 43.2 Å². The van der Waals surface area contributed by atoms with Crippen molar-refractivity contribution < 1.29 is 13.0 Å². The number of hydrogen-bond acceptors (Lipinski definition) is 2. The van der Waals surface area contributed by atoms with Gasteiger partial charge in [0, 0.05) is 16.7 Å². The van der Waals surface area contributed by atoms with Gasteiger partial charge in [0.15, 0.2) is 11.6 Å². The maximum Gasteiger partial charge on any atom is 0.160 e. The first kappa shape index (κ1) is 15.8. The van der Waals surface area contributed by atoms with Crippen LogP contribution in [-0.4, -0.2) is 9.96 Å². The van der Waals surface area contributed by atoms with Crippen molar-refractivity contribution in [2.75, 3.05) is 5.75 Å². The first-order valence-corrected chi connectivity index (χ1v) is 7.86. The molecule has 21 heavy (non-hydrogen) atoms. The largest absolute Gasteiger partial charge is 0.323 e. The molecule has 0 aliphatic carbocycles. The SMILES string of the molecule is Cc1ccc(C)c(C(N)CS(=O)c2ccc(F)c(F)c2)c1. The molecule has 0 radical (unpaired) electrons. The normalized spacial score (nSPS) is 14.0. The maximum atomic E-state index is 13.2. The lowest BCUT2D eigenvalue weighted by atomic mass is 10.0. The van der Waals surface area contributed by atoms with E-state index in [1.807, 2.05) is 32.0 Å². The van der Waals surface area contributed by atoms with Crippen LogP contribution in [0, 0.1) is 25.5 Å². The van der Waals surface area contributed by atoms with E-state index in [4.69, 9.17) is 5.73 Å². The molecule has 0 saturated carbocycles. The van der Waals surface area contributed by atoms with Gasteiger partial charge in [-0.1, -0.05) is 23.8 Å². The summed E-state index contributed by atoms with van der Waals surface area (Å²) in [6.07, 6.45) is 0. The highest BCUT2D eigenvalue weighted by molar-refractivity contribution is 7.85. The molecule has 2 rings (SSSR count). The second-order valence-corrected chi connectivity index (χ2v) is 6.55. The Morgan fingerprint density at radius 1 is 1.10 bits per heavy atom. The van der Waals surface area contributed by atoms with Crippen molar-refractivity contribution in [1.29, 1.82) is 0 Å². The second-order valence-electron chi connectivity index (χ2n) is 5.05. The molecule has 0 fully saturated rings. The molecule has 5 heteroatoms. The zero-order valence-corrected chi connectivity index (χ0v) is 12.7. The number of rotatable bonds is 4. The van der Waals surface area contributed by atoms with Gasteiger partial charge in [0.25, 0.3) is 0 Å². The predicted molar refractivity (Wildman–Crippen MR) is 80.5 cm³/mol. The van der Waals surface area contributed by atoms with Crippen molar-refractivity contribution >= 4 is 10.8 Å². The summed E-state index contributed by atoms with van der Waals surface area (Å²) in [7, 11) is -1.48. The van der Waals surface area contributed by atoms with Gasteiger partial charge >= 0.3 is 0 Å². The highest BCUT2D eigenvalue weighted by atomic mass is 32.2. The average Bonchev–Trinajstić information content (AvgIpc) is 2.44. The monoisotopic (exact) mass is 309 g/mol. The molecule has 2 unspecified atom stereocenters. The third kappa shape index (κ3) is 3.74. The summed E-state index contributed by atoms with van der Waals surface area (Å²) < 4.78 is 38.3. The molecule has 0 aromatic heterocycles. The van der Waals surface area contributed by atoms with E-state index >= 15 is 0 Å². The minimum atomic E-state index is -1.48. The fraction of sp³-hybridized carbons (Fsp3) is 0.250. The molecule has 0 heterocycles. The van der Waals surface area contributed by atoms with E-state index in [-0.39, 0.29) is 10.6 Å². The van der Waals surface area contributed by atoms with E-state index in [0.29, 0.717) is 0 Å². The number of hydrogen-bond donors (Lipinski definition) is 1. The number of halogens is 2. The Kier molecular flexibility index (Phi) is 4.85. The maximum absolute atomic E-state index is 13.2. The summed E-state index contributed by atoms with van der Waals surface area (Å²) in [6.45, 7) is 3.90. The highest BCUT2D eigenvalue weighted by Gasteiger charge is 2.15. The Bertz CT molecular complexity index is 688. The molecule has 0 amide bonds. The summed E-state index contributed by atoms with van der Waals surface area (Å²) in [5.41, 5.74) is 9.13. The summed E-state index contributed by atoms with van der Waals surface area (Å²) in [5, 5.41) is 0. The van der Waals surface area contributed by atoms with Gasteiger partial charge in [-0.25, -0.2) is 8.78 Å². The minimum absolute atomic E-state index is 0.162. The van der Waals surface area contributed by atoms with Gasteiger partial charge in [-0.3, -0.25) is 4.21 Å². The standard InChI is InChI=1S/C16H17F2NOS/c1-10-3-4-11(2)13(7-10)16(19)9-21(20)12-5-6-14(17)15(18)8-12/h3-8,16H,9,19H2,1-2H3. The van der Waals surface area contributed by atoms with Crippen molar-refractivity contribution in [2.24, 2.45) is 5.73 Å². The van der Waals surface area contributed by atoms with E-state index in [9.17, 15) is 13.0 Å². The molecule has 112 valence electrons. The summed E-state index contributed by atoms with van der Waals surface area (Å²) >= 11 is 0. The zero-order chi connectivity index (χ0) is 15.6. The number of nitrogens with two attached hydrogens (primary N) is 1. The molecule has 2 N–H and O–H groups in total. The van der Waals surface area contributed by atoms with Crippen molar-refractivity contribution in [3.63, 3.8) is 0 Å². The molecule has 2 aromatic carbocycles. The van der Waals surface area contributed by atoms with E-state index < -0.39 is 28.5 Å². The van der Waals surface area contributed by atoms with E-state index in [2.05, 4.69) is 0 Å². The molecule has 0 aliphatic rings. The van der Waals surface area contributed by atoms with Gasteiger partial charge in [0.05, 0.1) is 10.8 Å². The van der Waals surface area contributed by atoms with Gasteiger partial charge < -0.3 is 5.73 Å². The summed E-state index contributed by atoms with van der Waals surface area (Å²) in [4.78, 5) is 0.245. The molecule has 2 aromatic rings. The fourth-order valence-corrected chi connectivity index (χ4v) is 3.28. The fourth-order valence-electron chi connectivity index (χ4n) is 2.13. The van der Waals surface area contributed by atoms with Gasteiger partial charge in [-0.15, -0.1) is 0 Å². The Hall–Kier alpha value is -1.59. The number of aryl methyl sites for hydroxylation is 2. The first-order valence-electron chi connectivity index (χ1n) is 6.54. The van der Waals surface area contributed by atoms with Crippen LogP contribution in [0.25, 0.3) is 0 Å². The van der Waals surface area contributed by atoms with Crippen LogP contribution in [0.1, 0.15) is 22.7 Å². The third-order valence-electron chi connectivity index (χ3n) is 3.32. The van der Waals surface area contributed by atoms with Crippen LogP contribution in [0.4, 0.5) is 8.78 Å². The summed E-state index contributed by atoms with van der Waals surface area (Å²) in [6, 6.07) is 8.75. The lowest BCUT2D eigenvalue weighted by Gasteiger charge is -2.15. The number of benzene rings is 2. The Balaban J connectivity index is 2.18. The second kappa shape index (κ2) is 6.45. The van der Waals surface area contributed by atoms with Crippen LogP contribution in [-0.2, 0) is 10.8 Å². The van der Waals surface area contributed by atoms with E-state index in [1.54, 1.807) is 0 Å². The molecule has 0 bridgehead atoms. The van der Waals surface area contributed by atoms with Gasteiger partial charge in [0.2, 0.25) is 0 Å². The molecule has 2 nitrogen and oxygen atoms in total. The molecular weight excluding hydrogens is 292 g/mol. The molecular formula is C16H17F2NOS. The molecule has 0 aliphatic heterocycles. The minimum Gasteiger partial charge on any atom is -0.323 e.